The van der Waals surface area contributed by atoms with Crippen LogP contribution in [0.2, 0.25) is 0 Å². The number of carbonyl (C=O) groups is 2. The van der Waals surface area contributed by atoms with Crippen molar-refractivity contribution in [3.8, 4) is 0 Å². The maximum atomic E-state index is 12.2. The number of nitrogens with one attached hydrogen (secondary N) is 2. The lowest BCUT2D eigenvalue weighted by Gasteiger charge is -2.23. The molecule has 2 amide bonds. The van der Waals surface area contributed by atoms with Crippen LogP contribution in [-0.4, -0.2) is 56.8 Å². The highest BCUT2D eigenvalue weighted by Gasteiger charge is 2.30. The van der Waals surface area contributed by atoms with Crippen molar-refractivity contribution in [1.82, 2.24) is 10.6 Å². The van der Waals surface area contributed by atoms with Gasteiger partial charge in [0.2, 0.25) is 5.91 Å². The number of rotatable bonds is 7. The van der Waals surface area contributed by atoms with Gasteiger partial charge >= 0.3 is 12.3 Å². The van der Waals surface area contributed by atoms with Gasteiger partial charge in [-0.3, -0.25) is 4.79 Å². The summed E-state index contributed by atoms with van der Waals surface area (Å²) >= 11 is 0. The summed E-state index contributed by atoms with van der Waals surface area (Å²) in [6.45, 7) is 3.18. The second kappa shape index (κ2) is 8.54. The molecular weight excluding hydrogens is 353 g/mol. The van der Waals surface area contributed by atoms with E-state index in [4.69, 9.17) is 4.74 Å². The molecule has 0 saturated heterocycles. The second-order valence-corrected chi connectivity index (χ2v) is 8.56. The van der Waals surface area contributed by atoms with E-state index in [1.54, 1.807) is 26.1 Å². The zero-order valence-corrected chi connectivity index (χ0v) is 14.8. The van der Waals surface area contributed by atoms with Gasteiger partial charge < -0.3 is 15.4 Å². The number of hydrogen-bond acceptors (Lipinski definition) is 5. The molecule has 0 aliphatic heterocycles. The van der Waals surface area contributed by atoms with Crippen LogP contribution in [0.1, 0.15) is 33.6 Å². The third-order valence-corrected chi connectivity index (χ3v) is 3.51. The van der Waals surface area contributed by atoms with Crippen LogP contribution in [-0.2, 0) is 19.4 Å². The van der Waals surface area contributed by atoms with Gasteiger partial charge in [-0.1, -0.05) is 0 Å². The summed E-state index contributed by atoms with van der Waals surface area (Å²) in [5.74, 6) is -1.32. The fourth-order valence-electron chi connectivity index (χ4n) is 1.58. The number of halogens is 3. The minimum Gasteiger partial charge on any atom is -0.444 e. The molecule has 0 rings (SSSR count). The minimum atomic E-state index is -4.60. The Hall–Kier alpha value is -1.52. The molecule has 0 radical (unpaired) electrons. The first-order valence-electron chi connectivity index (χ1n) is 7.11. The third kappa shape index (κ3) is 13.0. The van der Waals surface area contributed by atoms with Crippen molar-refractivity contribution < 1.29 is 35.9 Å². The summed E-state index contributed by atoms with van der Waals surface area (Å²) in [4.78, 5) is 23.5. The summed E-state index contributed by atoms with van der Waals surface area (Å²) in [5, 5.41) is 3.82. The molecule has 0 saturated carbocycles. The van der Waals surface area contributed by atoms with Crippen molar-refractivity contribution in [2.24, 2.45) is 0 Å². The minimum absolute atomic E-state index is 0.00125. The first-order valence-corrected chi connectivity index (χ1v) is 9.17. The van der Waals surface area contributed by atoms with Crippen LogP contribution >= 0.6 is 0 Å². The molecule has 0 fully saturated rings. The van der Waals surface area contributed by atoms with Gasteiger partial charge in [0.1, 0.15) is 28.0 Å². The van der Waals surface area contributed by atoms with E-state index in [2.05, 4.69) is 5.32 Å². The molecule has 0 aromatic heterocycles. The van der Waals surface area contributed by atoms with E-state index in [0.29, 0.717) is 0 Å². The van der Waals surface area contributed by atoms with Crippen LogP contribution in [0.15, 0.2) is 0 Å². The van der Waals surface area contributed by atoms with Crippen molar-refractivity contribution in [2.75, 3.05) is 18.6 Å². The summed E-state index contributed by atoms with van der Waals surface area (Å²) in [6.07, 6.45) is -4.73. The number of sulfone groups is 1. The molecule has 1 atom stereocenters. The highest BCUT2D eigenvalue weighted by molar-refractivity contribution is 7.90. The number of carbonyl (C=O) groups excluding carboxylic acids is 2. The monoisotopic (exact) mass is 376 g/mol. The predicted molar refractivity (Wildman–Crippen MR) is 81.2 cm³/mol. The average Bonchev–Trinajstić information content (AvgIpc) is 2.30. The molecule has 0 aliphatic carbocycles. The largest absolute Gasteiger partial charge is 0.444 e. The molecule has 2 N–H and O–H groups in total. The zero-order chi connectivity index (χ0) is 19.2. The molecule has 0 bridgehead atoms. The molecule has 0 spiro atoms. The Morgan fingerprint density at radius 3 is 2.12 bits per heavy atom. The summed E-state index contributed by atoms with van der Waals surface area (Å²) in [6, 6.07) is -1.33. The highest BCUT2D eigenvalue weighted by Crippen LogP contribution is 2.13. The lowest BCUT2D eigenvalue weighted by atomic mass is 10.1. The Morgan fingerprint density at radius 1 is 1.17 bits per heavy atom. The van der Waals surface area contributed by atoms with Gasteiger partial charge in [-0.2, -0.15) is 13.2 Å². The smallest absolute Gasteiger partial charge is 0.408 e. The Kier molecular flexibility index (Phi) is 8.00. The van der Waals surface area contributed by atoms with Gasteiger partial charge in [0.15, 0.2) is 0 Å². The van der Waals surface area contributed by atoms with E-state index in [0.717, 1.165) is 6.26 Å². The van der Waals surface area contributed by atoms with E-state index in [9.17, 15) is 31.2 Å². The first-order chi connectivity index (χ1) is 10.6. The Bertz CT molecular complexity index is 541. The molecule has 0 aliphatic rings. The molecule has 142 valence electrons. The van der Waals surface area contributed by atoms with Crippen molar-refractivity contribution in [1.29, 1.82) is 0 Å². The van der Waals surface area contributed by atoms with Gasteiger partial charge in [0.25, 0.3) is 0 Å². The van der Waals surface area contributed by atoms with Gasteiger partial charge in [-0.05, 0) is 33.6 Å². The Morgan fingerprint density at radius 2 is 1.71 bits per heavy atom. The van der Waals surface area contributed by atoms with E-state index < -0.39 is 46.2 Å². The van der Waals surface area contributed by atoms with E-state index in [-0.39, 0.29) is 18.6 Å². The number of alkyl carbamates (subject to hydrolysis) is 1. The van der Waals surface area contributed by atoms with Crippen molar-refractivity contribution in [3.05, 3.63) is 0 Å². The van der Waals surface area contributed by atoms with E-state index in [1.165, 1.54) is 0 Å². The molecule has 24 heavy (non-hydrogen) atoms. The Labute approximate surface area is 139 Å². The van der Waals surface area contributed by atoms with Gasteiger partial charge in [0.05, 0.1) is 0 Å². The Balaban J connectivity index is 4.81. The molecule has 0 aromatic rings. The molecule has 0 unspecified atom stereocenters. The van der Waals surface area contributed by atoms with E-state index in [1.807, 2.05) is 0 Å². The SMILES string of the molecule is CC(C)(C)OC(=O)N[C@H](CCCS(C)(=O)=O)C(=O)NCC(F)(F)F. The maximum Gasteiger partial charge on any atom is 0.408 e. The summed E-state index contributed by atoms with van der Waals surface area (Å²) in [7, 11) is -3.29. The summed E-state index contributed by atoms with van der Waals surface area (Å²) in [5.41, 5.74) is -0.857. The second-order valence-electron chi connectivity index (χ2n) is 6.30. The first kappa shape index (κ1) is 22.5. The zero-order valence-electron chi connectivity index (χ0n) is 14.0. The van der Waals surface area contributed by atoms with Crippen molar-refractivity contribution >= 4 is 21.8 Å². The van der Waals surface area contributed by atoms with Crippen molar-refractivity contribution in [2.45, 2.75) is 51.4 Å². The maximum absolute atomic E-state index is 12.2. The van der Waals surface area contributed by atoms with Crippen LogP contribution in [0.5, 0.6) is 0 Å². The number of hydrogen-bond donors (Lipinski definition) is 2. The molecular formula is C13H23F3N2O5S. The van der Waals surface area contributed by atoms with Crippen LogP contribution in [0.25, 0.3) is 0 Å². The quantitative estimate of drug-likeness (QED) is 0.699. The van der Waals surface area contributed by atoms with E-state index >= 15 is 0 Å². The molecule has 0 aromatic carbocycles. The number of ether oxygens (including phenoxy) is 1. The van der Waals surface area contributed by atoms with Crippen LogP contribution in [0, 0.1) is 0 Å². The van der Waals surface area contributed by atoms with Crippen LogP contribution < -0.4 is 10.6 Å². The topological polar surface area (TPSA) is 102 Å². The number of alkyl halides is 3. The number of amides is 2. The highest BCUT2D eigenvalue weighted by atomic mass is 32.2. The molecule has 7 nitrogen and oxygen atoms in total. The van der Waals surface area contributed by atoms with Crippen molar-refractivity contribution in [3.63, 3.8) is 0 Å². The van der Waals surface area contributed by atoms with Gasteiger partial charge in [-0.15, -0.1) is 0 Å². The molecule has 11 heteroatoms. The standard InChI is InChI=1S/C13H23F3N2O5S/c1-12(2,3)23-11(20)18-9(6-5-7-24(4,21)22)10(19)17-8-13(14,15)16/h9H,5-8H2,1-4H3,(H,17,19)(H,18,20)/t9-/m1/s1. The summed E-state index contributed by atoms with van der Waals surface area (Å²) < 4.78 is 63.6. The normalized spacial score (nSPS) is 14.0. The van der Waals surface area contributed by atoms with Gasteiger partial charge in [-0.25, -0.2) is 13.2 Å². The molecule has 0 heterocycles. The predicted octanol–water partition coefficient (Wildman–Crippen LogP) is 1.38. The lowest BCUT2D eigenvalue weighted by Crippen LogP contribution is -2.50. The fourth-order valence-corrected chi connectivity index (χ4v) is 2.27. The third-order valence-electron chi connectivity index (χ3n) is 2.48. The fraction of sp³-hybridized carbons (Fsp3) is 0.846. The van der Waals surface area contributed by atoms with Crippen LogP contribution in [0.4, 0.5) is 18.0 Å². The van der Waals surface area contributed by atoms with Gasteiger partial charge in [0, 0.05) is 12.0 Å². The average molecular weight is 376 g/mol. The lowest BCUT2D eigenvalue weighted by molar-refractivity contribution is -0.139. The van der Waals surface area contributed by atoms with Crippen LogP contribution in [0.3, 0.4) is 0 Å².